The van der Waals surface area contributed by atoms with Crippen LogP contribution in [-0.2, 0) is 15.8 Å². The highest BCUT2D eigenvalue weighted by Crippen LogP contribution is 2.71. The minimum absolute atomic E-state index is 0.0924. The third-order valence-corrected chi connectivity index (χ3v) is 8.14. The van der Waals surface area contributed by atoms with E-state index in [1.54, 1.807) is 24.3 Å². The summed E-state index contributed by atoms with van der Waals surface area (Å²) in [5, 5.41) is 6.89. The van der Waals surface area contributed by atoms with Gasteiger partial charge in [-0.2, -0.15) is 13.2 Å². The highest BCUT2D eigenvalue weighted by Gasteiger charge is 2.71. The molecule has 2 bridgehead atoms. The lowest BCUT2D eigenvalue weighted by molar-refractivity contribution is -0.137. The molecule has 0 saturated heterocycles. The Morgan fingerprint density at radius 2 is 1.71 bits per heavy atom. The van der Waals surface area contributed by atoms with Gasteiger partial charge in [0.05, 0.1) is 22.3 Å². The van der Waals surface area contributed by atoms with Gasteiger partial charge in [-0.1, -0.05) is 49.7 Å². The molecule has 2 aliphatic rings. The Bertz CT molecular complexity index is 1170. The van der Waals surface area contributed by atoms with E-state index in [0.29, 0.717) is 24.1 Å². The molecule has 180 valence electrons. The molecule has 0 aromatic heterocycles. The van der Waals surface area contributed by atoms with Crippen molar-refractivity contribution in [1.82, 2.24) is 0 Å². The predicted octanol–water partition coefficient (Wildman–Crippen LogP) is 6.38. The molecule has 2 aromatic rings. The number of rotatable bonds is 4. The summed E-state index contributed by atoms with van der Waals surface area (Å²) in [5.74, 6) is -0.935. The largest absolute Gasteiger partial charge is 0.416 e. The molecule has 1 amide bonds. The fourth-order valence-corrected chi connectivity index (χ4v) is 5.39. The molecule has 0 heterocycles. The number of anilines is 1. The number of oxime groups is 1. The number of nitrogens with zero attached hydrogens (tertiary/aromatic N) is 1. The lowest BCUT2D eigenvalue weighted by Crippen LogP contribution is -2.43. The molecule has 4 rings (SSSR count). The number of alkyl halides is 3. The second-order valence-corrected chi connectivity index (χ2v) is 10.0. The summed E-state index contributed by atoms with van der Waals surface area (Å²) in [6.07, 6.45) is -3.02. The number of carbonyl (C=O) groups excluding carboxylic acids is 2. The van der Waals surface area contributed by atoms with E-state index < -0.39 is 34.0 Å². The molecule has 1 N–H and O–H groups in total. The molecule has 2 unspecified atom stereocenters. The van der Waals surface area contributed by atoms with Crippen molar-refractivity contribution < 1.29 is 27.6 Å². The number of carbonyl (C=O) groups is 2. The Morgan fingerprint density at radius 3 is 2.35 bits per heavy atom. The van der Waals surface area contributed by atoms with E-state index in [-0.39, 0.29) is 18.0 Å². The van der Waals surface area contributed by atoms with Crippen LogP contribution in [0.15, 0.2) is 53.7 Å². The monoisotopic (exact) mass is 472 g/mol. The zero-order valence-corrected chi connectivity index (χ0v) is 19.5. The molecule has 2 aromatic carbocycles. The summed E-state index contributed by atoms with van der Waals surface area (Å²) in [5.41, 5.74) is -0.663. The lowest BCUT2D eigenvalue weighted by Gasteiger charge is -2.39. The standard InChI is InChI=1S/C26H27F3N2O3/c1-16-8-10-17(11-9-16)21(32)34-31-20-15-25(13-12-24(20,4)23(25,2)3)22(33)30-19-7-5-6-18(14-19)26(27,28)29/h5-11,14H,12-13,15H2,1-4H3,(H,30,33)/b31-20+. The maximum Gasteiger partial charge on any atom is 0.416 e. The molecule has 2 fully saturated rings. The smallest absolute Gasteiger partial charge is 0.326 e. The number of halogens is 3. The first-order valence-electron chi connectivity index (χ1n) is 11.1. The molecular formula is C26H27F3N2O3. The molecule has 2 atom stereocenters. The van der Waals surface area contributed by atoms with Crippen LogP contribution in [0.5, 0.6) is 0 Å². The van der Waals surface area contributed by atoms with Crippen molar-refractivity contribution in [3.63, 3.8) is 0 Å². The number of aryl methyl sites for hydroxylation is 1. The number of amides is 1. The number of benzene rings is 2. The minimum atomic E-state index is -4.50. The number of hydrogen-bond donors (Lipinski definition) is 1. The van der Waals surface area contributed by atoms with E-state index in [0.717, 1.165) is 17.7 Å². The molecule has 2 aliphatic carbocycles. The maximum absolute atomic E-state index is 13.5. The number of fused-ring (bicyclic) bond motifs is 2. The zero-order valence-electron chi connectivity index (χ0n) is 19.5. The quantitative estimate of drug-likeness (QED) is 0.415. The Hall–Kier alpha value is -3.16. The first kappa shape index (κ1) is 24.0. The highest BCUT2D eigenvalue weighted by atomic mass is 19.4. The van der Waals surface area contributed by atoms with E-state index in [9.17, 15) is 22.8 Å². The molecule has 0 spiro atoms. The number of nitrogens with one attached hydrogen (secondary N) is 1. The fraction of sp³-hybridized carbons (Fsp3) is 0.423. The molecule has 5 nitrogen and oxygen atoms in total. The van der Waals surface area contributed by atoms with Crippen LogP contribution < -0.4 is 5.32 Å². The van der Waals surface area contributed by atoms with Gasteiger partial charge in [0.1, 0.15) is 0 Å². The van der Waals surface area contributed by atoms with Crippen LogP contribution in [0.4, 0.5) is 18.9 Å². The fourth-order valence-electron chi connectivity index (χ4n) is 5.39. The topological polar surface area (TPSA) is 67.8 Å². The third-order valence-electron chi connectivity index (χ3n) is 8.14. The van der Waals surface area contributed by atoms with Crippen molar-refractivity contribution in [2.24, 2.45) is 21.4 Å². The summed E-state index contributed by atoms with van der Waals surface area (Å²) in [7, 11) is 0. The van der Waals surface area contributed by atoms with Crippen molar-refractivity contribution >= 4 is 23.3 Å². The minimum Gasteiger partial charge on any atom is -0.326 e. The van der Waals surface area contributed by atoms with E-state index in [4.69, 9.17) is 4.84 Å². The summed E-state index contributed by atoms with van der Waals surface area (Å²) in [6, 6.07) is 11.5. The van der Waals surface area contributed by atoms with Gasteiger partial charge in [0.25, 0.3) is 0 Å². The van der Waals surface area contributed by atoms with Gasteiger partial charge in [-0.25, -0.2) is 4.79 Å². The molecule has 0 radical (unpaired) electrons. The van der Waals surface area contributed by atoms with Gasteiger partial charge < -0.3 is 10.2 Å². The molecule has 34 heavy (non-hydrogen) atoms. The second kappa shape index (κ2) is 7.96. The van der Waals surface area contributed by atoms with Gasteiger partial charge >= 0.3 is 12.1 Å². The molecule has 2 saturated carbocycles. The van der Waals surface area contributed by atoms with Crippen LogP contribution in [0, 0.1) is 23.2 Å². The van der Waals surface area contributed by atoms with Crippen LogP contribution in [-0.4, -0.2) is 17.6 Å². The van der Waals surface area contributed by atoms with Crippen LogP contribution in [0.2, 0.25) is 0 Å². The molecular weight excluding hydrogens is 445 g/mol. The Labute approximate surface area is 196 Å². The van der Waals surface area contributed by atoms with Gasteiger partial charge in [-0.3, -0.25) is 4.79 Å². The average Bonchev–Trinajstić information content (AvgIpc) is 3.08. The second-order valence-electron chi connectivity index (χ2n) is 10.0. The first-order valence-corrected chi connectivity index (χ1v) is 11.1. The predicted molar refractivity (Wildman–Crippen MR) is 122 cm³/mol. The number of hydrogen-bond acceptors (Lipinski definition) is 4. The average molecular weight is 473 g/mol. The van der Waals surface area contributed by atoms with E-state index in [2.05, 4.69) is 10.5 Å². The van der Waals surface area contributed by atoms with Gasteiger partial charge in [-0.05, 0) is 55.5 Å². The van der Waals surface area contributed by atoms with Crippen LogP contribution in [0.1, 0.15) is 61.5 Å². The van der Waals surface area contributed by atoms with Gasteiger partial charge in [0.15, 0.2) is 0 Å². The Balaban J connectivity index is 1.58. The summed E-state index contributed by atoms with van der Waals surface area (Å²) < 4.78 is 39.3. The van der Waals surface area contributed by atoms with Gasteiger partial charge in [-0.15, -0.1) is 0 Å². The van der Waals surface area contributed by atoms with Crippen LogP contribution in [0.25, 0.3) is 0 Å². The zero-order chi connectivity index (χ0) is 24.9. The Morgan fingerprint density at radius 1 is 1.03 bits per heavy atom. The molecule has 8 heteroatoms. The van der Waals surface area contributed by atoms with Crippen molar-refractivity contribution in [3.8, 4) is 0 Å². The SMILES string of the molecule is Cc1ccc(C(=O)O/N=C2\CC3(C(=O)Nc4cccc(C(F)(F)F)c4)CCC2(C)C3(C)C)cc1. The summed E-state index contributed by atoms with van der Waals surface area (Å²) in [6.45, 7) is 7.85. The van der Waals surface area contributed by atoms with Gasteiger partial charge in [0, 0.05) is 17.5 Å². The van der Waals surface area contributed by atoms with E-state index >= 15 is 0 Å². The van der Waals surface area contributed by atoms with Crippen LogP contribution >= 0.6 is 0 Å². The lowest BCUT2D eigenvalue weighted by atomic mass is 9.64. The van der Waals surface area contributed by atoms with Crippen LogP contribution in [0.3, 0.4) is 0 Å². The van der Waals surface area contributed by atoms with Gasteiger partial charge in [0.2, 0.25) is 5.91 Å². The van der Waals surface area contributed by atoms with E-state index in [1.165, 1.54) is 12.1 Å². The van der Waals surface area contributed by atoms with Crippen molar-refractivity contribution in [2.75, 3.05) is 5.32 Å². The van der Waals surface area contributed by atoms with Crippen molar-refractivity contribution in [1.29, 1.82) is 0 Å². The third kappa shape index (κ3) is 3.69. The van der Waals surface area contributed by atoms with E-state index in [1.807, 2.05) is 27.7 Å². The highest BCUT2D eigenvalue weighted by molar-refractivity contribution is 6.06. The first-order chi connectivity index (χ1) is 15.8. The summed E-state index contributed by atoms with van der Waals surface area (Å²) in [4.78, 5) is 31.2. The van der Waals surface area contributed by atoms with Crippen molar-refractivity contribution in [3.05, 3.63) is 65.2 Å². The Kier molecular flexibility index (Phi) is 5.61. The maximum atomic E-state index is 13.5. The normalized spacial score (nSPS) is 26.5. The molecule has 0 aliphatic heterocycles. The van der Waals surface area contributed by atoms with Crippen molar-refractivity contribution in [2.45, 2.75) is 53.1 Å². The summed E-state index contributed by atoms with van der Waals surface area (Å²) >= 11 is 0.